The van der Waals surface area contributed by atoms with Crippen molar-refractivity contribution in [2.75, 3.05) is 0 Å². The third kappa shape index (κ3) is 0.793. The van der Waals surface area contributed by atoms with Crippen LogP contribution in [0.4, 0.5) is 0 Å². The van der Waals surface area contributed by atoms with E-state index in [0.29, 0.717) is 6.42 Å². The molecule has 1 aliphatic rings. The van der Waals surface area contributed by atoms with Crippen molar-refractivity contribution in [1.82, 2.24) is 0 Å². The van der Waals surface area contributed by atoms with Gasteiger partial charge in [0.1, 0.15) is 6.29 Å². The molecule has 2 atom stereocenters. The van der Waals surface area contributed by atoms with Crippen LogP contribution in [0.15, 0.2) is 12.2 Å². The van der Waals surface area contributed by atoms with Crippen molar-refractivity contribution in [1.29, 1.82) is 0 Å². The summed E-state index contributed by atoms with van der Waals surface area (Å²) >= 11 is 0. The Morgan fingerprint density at radius 3 is 2.75 bits per heavy atom. The number of rotatable bonds is 1. The van der Waals surface area contributed by atoms with Gasteiger partial charge < -0.3 is 9.90 Å². The predicted molar refractivity (Wildman–Crippen MR) is 29.3 cm³/mol. The summed E-state index contributed by atoms with van der Waals surface area (Å²) < 4.78 is 0. The van der Waals surface area contributed by atoms with Crippen LogP contribution in [0, 0.1) is 5.92 Å². The molecule has 2 nitrogen and oxygen atoms in total. The SMILES string of the molecule is O=C[C@@H]1CC=C[C@@H]1O. The highest BCUT2D eigenvalue weighted by Crippen LogP contribution is 2.15. The van der Waals surface area contributed by atoms with Gasteiger partial charge in [-0.25, -0.2) is 0 Å². The first-order valence-corrected chi connectivity index (χ1v) is 2.64. The monoisotopic (exact) mass is 112 g/mol. The maximum absolute atomic E-state index is 10.0. The van der Waals surface area contributed by atoms with Crippen molar-refractivity contribution in [3.8, 4) is 0 Å². The Morgan fingerprint density at radius 1 is 1.75 bits per heavy atom. The Labute approximate surface area is 47.8 Å². The molecule has 0 aliphatic heterocycles. The van der Waals surface area contributed by atoms with Gasteiger partial charge in [0, 0.05) is 5.92 Å². The maximum Gasteiger partial charge on any atom is 0.126 e. The number of hydrogen-bond acceptors (Lipinski definition) is 2. The zero-order valence-electron chi connectivity index (χ0n) is 4.45. The van der Waals surface area contributed by atoms with E-state index in [1.807, 2.05) is 6.08 Å². The van der Waals surface area contributed by atoms with Crippen molar-refractivity contribution in [2.45, 2.75) is 12.5 Å². The van der Waals surface area contributed by atoms with E-state index in [-0.39, 0.29) is 5.92 Å². The van der Waals surface area contributed by atoms with Crippen molar-refractivity contribution < 1.29 is 9.90 Å². The lowest BCUT2D eigenvalue weighted by molar-refractivity contribution is -0.112. The Kier molecular flexibility index (Phi) is 1.44. The Morgan fingerprint density at radius 2 is 2.50 bits per heavy atom. The normalized spacial score (nSPS) is 35.6. The van der Waals surface area contributed by atoms with E-state index in [1.54, 1.807) is 6.08 Å². The largest absolute Gasteiger partial charge is 0.388 e. The van der Waals surface area contributed by atoms with Crippen molar-refractivity contribution in [3.05, 3.63) is 12.2 Å². The van der Waals surface area contributed by atoms with E-state index in [2.05, 4.69) is 0 Å². The molecular weight excluding hydrogens is 104 g/mol. The average molecular weight is 112 g/mol. The standard InChI is InChI=1S/C6H8O2/c7-4-5-2-1-3-6(5)8/h1,3-6,8H,2H2/t5-,6-/m0/s1. The highest BCUT2D eigenvalue weighted by atomic mass is 16.3. The average Bonchev–Trinajstić information content (AvgIpc) is 2.14. The fourth-order valence-corrected chi connectivity index (χ4v) is 0.793. The third-order valence-corrected chi connectivity index (χ3v) is 1.35. The van der Waals surface area contributed by atoms with E-state index in [4.69, 9.17) is 5.11 Å². The molecule has 0 aromatic rings. The van der Waals surface area contributed by atoms with Crippen molar-refractivity contribution in [3.63, 3.8) is 0 Å². The van der Waals surface area contributed by atoms with E-state index in [9.17, 15) is 4.79 Å². The van der Waals surface area contributed by atoms with Crippen LogP contribution < -0.4 is 0 Å². The number of carbonyl (C=O) groups excluding carboxylic acids is 1. The molecule has 0 saturated heterocycles. The zero-order chi connectivity index (χ0) is 5.98. The van der Waals surface area contributed by atoms with Gasteiger partial charge in [-0.1, -0.05) is 12.2 Å². The molecule has 0 amide bonds. The Hall–Kier alpha value is -0.630. The molecule has 44 valence electrons. The molecule has 1 aliphatic carbocycles. The Balaban J connectivity index is 2.50. The Bertz CT molecular complexity index is 118. The quantitative estimate of drug-likeness (QED) is 0.386. The van der Waals surface area contributed by atoms with Gasteiger partial charge in [-0.2, -0.15) is 0 Å². The van der Waals surface area contributed by atoms with Gasteiger partial charge in [-0.15, -0.1) is 0 Å². The zero-order valence-corrected chi connectivity index (χ0v) is 4.45. The molecule has 0 fully saturated rings. The number of carbonyl (C=O) groups is 1. The topological polar surface area (TPSA) is 37.3 Å². The fourth-order valence-electron chi connectivity index (χ4n) is 0.793. The number of aldehydes is 1. The molecule has 0 aromatic carbocycles. The predicted octanol–water partition coefficient (Wildman–Crippen LogP) is 0.122. The minimum atomic E-state index is -0.521. The van der Waals surface area contributed by atoms with Gasteiger partial charge >= 0.3 is 0 Å². The summed E-state index contributed by atoms with van der Waals surface area (Å²) in [6.07, 6.45) is 4.45. The van der Waals surface area contributed by atoms with Crippen LogP contribution in [0.1, 0.15) is 6.42 Å². The van der Waals surface area contributed by atoms with Gasteiger partial charge in [0.25, 0.3) is 0 Å². The molecule has 0 unspecified atom stereocenters. The molecule has 8 heavy (non-hydrogen) atoms. The molecule has 0 radical (unpaired) electrons. The minimum Gasteiger partial charge on any atom is -0.388 e. The van der Waals surface area contributed by atoms with Gasteiger partial charge in [0.05, 0.1) is 6.10 Å². The van der Waals surface area contributed by atoms with Crippen LogP contribution in [0.3, 0.4) is 0 Å². The lowest BCUT2D eigenvalue weighted by Crippen LogP contribution is -2.13. The summed E-state index contributed by atoms with van der Waals surface area (Å²) in [6.45, 7) is 0. The molecule has 0 bridgehead atoms. The molecule has 1 N–H and O–H groups in total. The molecule has 2 heteroatoms. The first kappa shape index (κ1) is 5.51. The van der Waals surface area contributed by atoms with Crippen LogP contribution in [0.25, 0.3) is 0 Å². The second-order valence-electron chi connectivity index (χ2n) is 1.95. The number of allylic oxidation sites excluding steroid dienone is 1. The second-order valence-corrected chi connectivity index (χ2v) is 1.95. The van der Waals surface area contributed by atoms with Gasteiger partial charge in [-0.05, 0) is 6.42 Å². The van der Waals surface area contributed by atoms with E-state index in [1.165, 1.54) is 0 Å². The summed E-state index contributed by atoms with van der Waals surface area (Å²) in [7, 11) is 0. The summed E-state index contributed by atoms with van der Waals surface area (Å²) in [5, 5.41) is 8.87. The highest BCUT2D eigenvalue weighted by molar-refractivity contribution is 5.56. The van der Waals surface area contributed by atoms with Gasteiger partial charge in [0.15, 0.2) is 0 Å². The van der Waals surface area contributed by atoms with Crippen LogP contribution in [0.2, 0.25) is 0 Å². The highest BCUT2D eigenvalue weighted by Gasteiger charge is 2.18. The summed E-state index contributed by atoms with van der Waals surface area (Å²) in [5.41, 5.74) is 0. The first-order chi connectivity index (χ1) is 3.84. The van der Waals surface area contributed by atoms with E-state index < -0.39 is 6.10 Å². The van der Waals surface area contributed by atoms with Crippen LogP contribution >= 0.6 is 0 Å². The molecule has 0 saturated carbocycles. The van der Waals surface area contributed by atoms with Crippen LogP contribution in [-0.2, 0) is 4.79 Å². The molecule has 0 heterocycles. The summed E-state index contributed by atoms with van der Waals surface area (Å²) in [5.74, 6) is -0.171. The van der Waals surface area contributed by atoms with Gasteiger partial charge in [-0.3, -0.25) is 0 Å². The lowest BCUT2D eigenvalue weighted by atomic mass is 10.1. The smallest absolute Gasteiger partial charge is 0.126 e. The minimum absolute atomic E-state index is 0.171. The fraction of sp³-hybridized carbons (Fsp3) is 0.500. The molecule has 0 spiro atoms. The summed E-state index contributed by atoms with van der Waals surface area (Å²) in [4.78, 5) is 10.0. The van der Waals surface area contributed by atoms with E-state index >= 15 is 0 Å². The number of aliphatic hydroxyl groups is 1. The van der Waals surface area contributed by atoms with Crippen LogP contribution in [0.5, 0.6) is 0 Å². The second kappa shape index (κ2) is 2.09. The third-order valence-electron chi connectivity index (χ3n) is 1.35. The lowest BCUT2D eigenvalue weighted by Gasteiger charge is -2.02. The molecule has 1 rings (SSSR count). The molecule has 0 aromatic heterocycles. The number of aliphatic hydroxyl groups excluding tert-OH is 1. The van der Waals surface area contributed by atoms with E-state index in [0.717, 1.165) is 6.29 Å². The molecular formula is C6H8O2. The van der Waals surface area contributed by atoms with Crippen molar-refractivity contribution in [2.24, 2.45) is 5.92 Å². The first-order valence-electron chi connectivity index (χ1n) is 2.64. The number of hydrogen-bond donors (Lipinski definition) is 1. The maximum atomic E-state index is 10.0. The van der Waals surface area contributed by atoms with Gasteiger partial charge in [0.2, 0.25) is 0 Å². The van der Waals surface area contributed by atoms with Crippen LogP contribution in [-0.4, -0.2) is 17.5 Å². The van der Waals surface area contributed by atoms with Crippen molar-refractivity contribution >= 4 is 6.29 Å². The summed E-state index contributed by atoms with van der Waals surface area (Å²) in [6, 6.07) is 0.